The molecule has 2 saturated carbocycles. The largest absolute Gasteiger partial charge is 0.352 e. The molecule has 0 aromatic carbocycles. The van der Waals surface area contributed by atoms with Gasteiger partial charge in [0.15, 0.2) is 0 Å². The van der Waals surface area contributed by atoms with Crippen LogP contribution in [0.5, 0.6) is 0 Å². The summed E-state index contributed by atoms with van der Waals surface area (Å²) in [7, 11) is 0. The van der Waals surface area contributed by atoms with Gasteiger partial charge in [-0.15, -0.1) is 0 Å². The SMILES string of the molecule is O=C(CNCC1CCCC1)NC1CC1. The van der Waals surface area contributed by atoms with Gasteiger partial charge in [0, 0.05) is 6.04 Å². The minimum absolute atomic E-state index is 0.172. The number of carbonyl (C=O) groups excluding carboxylic acids is 1. The van der Waals surface area contributed by atoms with Gasteiger partial charge in [-0.3, -0.25) is 4.79 Å². The molecule has 0 radical (unpaired) electrons. The molecule has 0 bridgehead atoms. The molecule has 0 aliphatic heterocycles. The second kappa shape index (κ2) is 4.78. The van der Waals surface area contributed by atoms with E-state index in [4.69, 9.17) is 0 Å². The molecule has 80 valence electrons. The molecule has 0 unspecified atom stereocenters. The van der Waals surface area contributed by atoms with Crippen molar-refractivity contribution in [3.8, 4) is 0 Å². The summed E-state index contributed by atoms with van der Waals surface area (Å²) >= 11 is 0. The summed E-state index contributed by atoms with van der Waals surface area (Å²) in [6, 6.07) is 0.496. The van der Waals surface area contributed by atoms with Crippen LogP contribution in [0.3, 0.4) is 0 Å². The highest BCUT2D eigenvalue weighted by Gasteiger charge is 2.23. The van der Waals surface area contributed by atoms with Crippen LogP contribution in [-0.2, 0) is 4.79 Å². The third kappa shape index (κ3) is 3.29. The zero-order valence-electron chi connectivity index (χ0n) is 8.72. The van der Waals surface area contributed by atoms with Crippen LogP contribution >= 0.6 is 0 Å². The van der Waals surface area contributed by atoms with E-state index >= 15 is 0 Å². The van der Waals surface area contributed by atoms with E-state index in [0.29, 0.717) is 12.6 Å². The molecule has 0 aromatic rings. The maximum absolute atomic E-state index is 11.3. The number of hydrogen-bond donors (Lipinski definition) is 2. The van der Waals surface area contributed by atoms with E-state index in [-0.39, 0.29) is 5.91 Å². The molecular formula is C11H20N2O. The average Bonchev–Trinajstić information content (AvgIpc) is 2.82. The van der Waals surface area contributed by atoms with E-state index in [0.717, 1.165) is 12.5 Å². The molecule has 3 nitrogen and oxygen atoms in total. The number of nitrogens with one attached hydrogen (secondary N) is 2. The molecule has 1 amide bonds. The van der Waals surface area contributed by atoms with Gasteiger partial charge in [-0.05, 0) is 38.1 Å². The summed E-state index contributed by atoms with van der Waals surface area (Å²) in [6.07, 6.45) is 7.79. The number of amides is 1. The van der Waals surface area contributed by atoms with Crippen LogP contribution in [-0.4, -0.2) is 25.0 Å². The zero-order valence-corrected chi connectivity index (χ0v) is 8.72. The topological polar surface area (TPSA) is 41.1 Å². The lowest BCUT2D eigenvalue weighted by Gasteiger charge is -2.10. The van der Waals surface area contributed by atoms with Crippen LogP contribution in [0.1, 0.15) is 38.5 Å². The number of carbonyl (C=O) groups is 1. The van der Waals surface area contributed by atoms with Gasteiger partial charge < -0.3 is 10.6 Å². The lowest BCUT2D eigenvalue weighted by Crippen LogP contribution is -2.36. The van der Waals surface area contributed by atoms with Crippen LogP contribution in [0.25, 0.3) is 0 Å². The molecule has 3 heteroatoms. The standard InChI is InChI=1S/C11H20N2O/c14-11(13-10-5-6-10)8-12-7-9-3-1-2-4-9/h9-10,12H,1-8H2,(H,13,14). The molecule has 2 N–H and O–H groups in total. The Labute approximate surface area is 85.6 Å². The zero-order chi connectivity index (χ0) is 9.80. The number of rotatable bonds is 5. The third-order valence-corrected chi connectivity index (χ3v) is 3.14. The summed E-state index contributed by atoms with van der Waals surface area (Å²) in [4.78, 5) is 11.3. The van der Waals surface area contributed by atoms with E-state index < -0.39 is 0 Å². The van der Waals surface area contributed by atoms with Crippen molar-refractivity contribution in [1.29, 1.82) is 0 Å². The van der Waals surface area contributed by atoms with Gasteiger partial charge in [0.1, 0.15) is 0 Å². The lowest BCUT2D eigenvalue weighted by molar-refractivity contribution is -0.120. The molecular weight excluding hydrogens is 176 g/mol. The molecule has 14 heavy (non-hydrogen) atoms. The van der Waals surface area contributed by atoms with Gasteiger partial charge in [0.2, 0.25) is 5.91 Å². The van der Waals surface area contributed by atoms with Gasteiger partial charge >= 0.3 is 0 Å². The molecule has 2 fully saturated rings. The molecule has 2 aliphatic carbocycles. The van der Waals surface area contributed by atoms with E-state index in [2.05, 4.69) is 10.6 Å². The van der Waals surface area contributed by atoms with Crippen molar-refractivity contribution >= 4 is 5.91 Å². The van der Waals surface area contributed by atoms with E-state index in [9.17, 15) is 4.79 Å². The first-order valence-corrected chi connectivity index (χ1v) is 5.84. The first kappa shape index (κ1) is 9.97. The second-order valence-electron chi connectivity index (χ2n) is 4.62. The maximum atomic E-state index is 11.3. The molecule has 0 aromatic heterocycles. The van der Waals surface area contributed by atoms with Gasteiger partial charge in [-0.2, -0.15) is 0 Å². The number of hydrogen-bond acceptors (Lipinski definition) is 2. The van der Waals surface area contributed by atoms with E-state index in [1.807, 2.05) is 0 Å². The lowest BCUT2D eigenvalue weighted by atomic mass is 10.1. The summed E-state index contributed by atoms with van der Waals surface area (Å²) in [5, 5.41) is 6.23. The highest BCUT2D eigenvalue weighted by atomic mass is 16.2. The van der Waals surface area contributed by atoms with Crippen molar-refractivity contribution in [1.82, 2.24) is 10.6 Å². The minimum Gasteiger partial charge on any atom is -0.352 e. The van der Waals surface area contributed by atoms with E-state index in [1.54, 1.807) is 0 Å². The van der Waals surface area contributed by atoms with Crippen molar-refractivity contribution in [2.24, 2.45) is 5.92 Å². The van der Waals surface area contributed by atoms with Crippen molar-refractivity contribution < 1.29 is 4.79 Å². The quantitative estimate of drug-likeness (QED) is 0.690. The first-order valence-electron chi connectivity index (χ1n) is 5.84. The fourth-order valence-electron chi connectivity index (χ4n) is 2.11. The van der Waals surface area contributed by atoms with Crippen LogP contribution in [0.2, 0.25) is 0 Å². The van der Waals surface area contributed by atoms with Crippen LogP contribution in [0, 0.1) is 5.92 Å². The molecule has 0 heterocycles. The predicted octanol–water partition coefficient (Wildman–Crippen LogP) is 1.04. The molecule has 2 aliphatic rings. The maximum Gasteiger partial charge on any atom is 0.234 e. The average molecular weight is 196 g/mol. The molecule has 0 spiro atoms. The van der Waals surface area contributed by atoms with Crippen LogP contribution < -0.4 is 10.6 Å². The summed E-state index contributed by atoms with van der Waals surface area (Å²) in [5.74, 6) is 0.995. The Hall–Kier alpha value is -0.570. The summed E-state index contributed by atoms with van der Waals surface area (Å²) in [6.45, 7) is 1.53. The van der Waals surface area contributed by atoms with Crippen LogP contribution in [0.15, 0.2) is 0 Å². The predicted molar refractivity (Wildman–Crippen MR) is 56.0 cm³/mol. The molecule has 2 rings (SSSR count). The van der Waals surface area contributed by atoms with Gasteiger partial charge in [-0.1, -0.05) is 12.8 Å². The van der Waals surface area contributed by atoms with Gasteiger partial charge in [-0.25, -0.2) is 0 Å². The Balaban J connectivity index is 1.50. The Morgan fingerprint density at radius 1 is 1.14 bits per heavy atom. The van der Waals surface area contributed by atoms with E-state index in [1.165, 1.54) is 38.5 Å². The normalized spacial score (nSPS) is 22.6. The van der Waals surface area contributed by atoms with Crippen molar-refractivity contribution in [3.63, 3.8) is 0 Å². The Bertz CT molecular complexity index is 195. The van der Waals surface area contributed by atoms with Gasteiger partial charge in [0.25, 0.3) is 0 Å². The third-order valence-electron chi connectivity index (χ3n) is 3.14. The Kier molecular flexibility index (Phi) is 3.40. The fourth-order valence-corrected chi connectivity index (χ4v) is 2.11. The van der Waals surface area contributed by atoms with Gasteiger partial charge in [0.05, 0.1) is 6.54 Å². The van der Waals surface area contributed by atoms with Crippen molar-refractivity contribution in [2.45, 2.75) is 44.6 Å². The van der Waals surface area contributed by atoms with Crippen molar-refractivity contribution in [2.75, 3.05) is 13.1 Å². The smallest absolute Gasteiger partial charge is 0.234 e. The highest BCUT2D eigenvalue weighted by molar-refractivity contribution is 5.78. The van der Waals surface area contributed by atoms with Crippen LogP contribution in [0.4, 0.5) is 0 Å². The Morgan fingerprint density at radius 2 is 1.86 bits per heavy atom. The first-order chi connectivity index (χ1) is 6.84. The van der Waals surface area contributed by atoms with Crippen molar-refractivity contribution in [3.05, 3.63) is 0 Å². The fraction of sp³-hybridized carbons (Fsp3) is 0.909. The summed E-state index contributed by atoms with van der Waals surface area (Å²) < 4.78 is 0. The molecule has 0 atom stereocenters. The highest BCUT2D eigenvalue weighted by Crippen LogP contribution is 2.23. The molecule has 0 saturated heterocycles. The second-order valence-corrected chi connectivity index (χ2v) is 4.62. The summed E-state index contributed by atoms with van der Waals surface area (Å²) in [5.41, 5.74) is 0. The Morgan fingerprint density at radius 3 is 2.50 bits per heavy atom. The minimum atomic E-state index is 0.172. The monoisotopic (exact) mass is 196 g/mol.